The number of rotatable bonds is 8. The highest BCUT2D eigenvalue weighted by Crippen LogP contribution is 2.34. The van der Waals surface area contributed by atoms with Crippen molar-refractivity contribution < 1.29 is 4.74 Å². The molecule has 0 unspecified atom stereocenters. The molecule has 3 nitrogen and oxygen atoms in total. The van der Waals surface area contributed by atoms with Gasteiger partial charge in [0, 0.05) is 22.3 Å². The minimum atomic E-state index is 0.738. The molecule has 0 aliphatic rings. The van der Waals surface area contributed by atoms with Crippen molar-refractivity contribution in [3.05, 3.63) is 126 Å². The summed E-state index contributed by atoms with van der Waals surface area (Å²) in [4.78, 5) is 10.3. The van der Waals surface area contributed by atoms with E-state index in [1.165, 1.54) is 11.1 Å². The van der Waals surface area contributed by atoms with Crippen LogP contribution in [0.3, 0.4) is 0 Å². The van der Waals surface area contributed by atoms with Crippen LogP contribution in [0.2, 0.25) is 0 Å². The fraction of sp³-hybridized carbons (Fsp3) is 0.125. The molecule has 0 aliphatic heterocycles. The van der Waals surface area contributed by atoms with Crippen molar-refractivity contribution in [2.45, 2.75) is 19.3 Å². The van der Waals surface area contributed by atoms with Crippen LogP contribution < -0.4 is 4.74 Å². The summed E-state index contributed by atoms with van der Waals surface area (Å²) in [5.74, 6) is 1.57. The van der Waals surface area contributed by atoms with E-state index in [4.69, 9.17) is 14.7 Å². The molecule has 0 N–H and O–H groups in total. The van der Waals surface area contributed by atoms with Crippen LogP contribution in [-0.4, -0.2) is 17.1 Å². The lowest BCUT2D eigenvalue weighted by molar-refractivity contribution is 0.415. The summed E-state index contributed by atoms with van der Waals surface area (Å²) in [5.41, 5.74) is 7.69. The number of methoxy groups -OCH3 is 1. The number of nitrogens with zero attached hydrogens (tertiary/aromatic N) is 2. The molecule has 1 heterocycles. The first kappa shape index (κ1) is 22.5. The second-order valence-electron chi connectivity index (χ2n) is 8.52. The van der Waals surface area contributed by atoms with Crippen molar-refractivity contribution in [3.63, 3.8) is 0 Å². The lowest BCUT2D eigenvalue weighted by Crippen LogP contribution is -2.04. The van der Waals surface area contributed by atoms with Crippen LogP contribution in [0.1, 0.15) is 17.5 Å². The van der Waals surface area contributed by atoms with Crippen molar-refractivity contribution >= 4 is 0 Å². The predicted octanol–water partition coefficient (Wildman–Crippen LogP) is 7.66. The van der Waals surface area contributed by atoms with E-state index in [9.17, 15) is 0 Å². The molecule has 0 saturated heterocycles. The summed E-state index contributed by atoms with van der Waals surface area (Å²) in [7, 11) is 1.69. The maximum Gasteiger partial charge on any atom is 0.160 e. The zero-order valence-corrected chi connectivity index (χ0v) is 19.9. The molecule has 0 atom stereocenters. The average Bonchev–Trinajstić information content (AvgIpc) is 2.94. The van der Waals surface area contributed by atoms with Crippen molar-refractivity contribution in [1.82, 2.24) is 9.97 Å². The molecule has 4 aromatic carbocycles. The summed E-state index contributed by atoms with van der Waals surface area (Å²) in [6.07, 6.45) is 2.91. The Hall–Kier alpha value is -4.24. The Morgan fingerprint density at radius 3 is 1.63 bits per heavy atom. The van der Waals surface area contributed by atoms with Gasteiger partial charge in [0.2, 0.25) is 0 Å². The van der Waals surface area contributed by atoms with Gasteiger partial charge in [0.15, 0.2) is 5.82 Å². The number of aromatic nitrogens is 2. The Morgan fingerprint density at radius 2 is 1.06 bits per heavy atom. The summed E-state index contributed by atoms with van der Waals surface area (Å²) in [6, 6.07) is 39.5. The summed E-state index contributed by atoms with van der Waals surface area (Å²) < 4.78 is 5.40. The smallest absolute Gasteiger partial charge is 0.160 e. The molecule has 0 bridgehead atoms. The Morgan fingerprint density at radius 1 is 0.543 bits per heavy atom. The van der Waals surface area contributed by atoms with E-state index < -0.39 is 0 Å². The highest BCUT2D eigenvalue weighted by atomic mass is 16.5. The van der Waals surface area contributed by atoms with Gasteiger partial charge in [0.05, 0.1) is 18.5 Å². The van der Waals surface area contributed by atoms with Crippen LogP contribution in [0.5, 0.6) is 5.75 Å². The Kier molecular flexibility index (Phi) is 6.95. The van der Waals surface area contributed by atoms with E-state index in [-0.39, 0.29) is 0 Å². The van der Waals surface area contributed by atoms with Gasteiger partial charge in [0.25, 0.3) is 0 Å². The van der Waals surface area contributed by atoms with Crippen LogP contribution in [0, 0.1) is 0 Å². The van der Waals surface area contributed by atoms with Gasteiger partial charge in [-0.2, -0.15) is 0 Å². The van der Waals surface area contributed by atoms with Crippen LogP contribution in [0.15, 0.2) is 115 Å². The first-order valence-corrected chi connectivity index (χ1v) is 12.0. The van der Waals surface area contributed by atoms with E-state index in [0.29, 0.717) is 0 Å². The average molecular weight is 457 g/mol. The van der Waals surface area contributed by atoms with Gasteiger partial charge in [0.1, 0.15) is 5.75 Å². The van der Waals surface area contributed by atoms with E-state index in [1.807, 2.05) is 36.4 Å². The minimum Gasteiger partial charge on any atom is -0.497 e. The molecule has 5 aromatic rings. The largest absolute Gasteiger partial charge is 0.497 e. The Labute approximate surface area is 207 Å². The molecule has 0 aliphatic carbocycles. The maximum absolute atomic E-state index is 5.40. The molecule has 0 saturated carbocycles. The van der Waals surface area contributed by atoms with Crippen molar-refractivity contribution in [1.29, 1.82) is 0 Å². The minimum absolute atomic E-state index is 0.738. The predicted molar refractivity (Wildman–Crippen MR) is 143 cm³/mol. The van der Waals surface area contributed by atoms with Gasteiger partial charge in [-0.25, -0.2) is 9.97 Å². The van der Waals surface area contributed by atoms with Crippen LogP contribution >= 0.6 is 0 Å². The van der Waals surface area contributed by atoms with Gasteiger partial charge in [-0.1, -0.05) is 91.0 Å². The summed E-state index contributed by atoms with van der Waals surface area (Å²) in [6.45, 7) is 0. The van der Waals surface area contributed by atoms with Gasteiger partial charge >= 0.3 is 0 Å². The molecular formula is C32H28N2O. The van der Waals surface area contributed by atoms with Gasteiger partial charge < -0.3 is 4.74 Å². The SMILES string of the molecule is COc1ccc(-c2nc(-c3ccccc3)nc(-c3ccccc3)c2CCCc2ccccc2)cc1. The van der Waals surface area contributed by atoms with E-state index in [2.05, 4.69) is 78.9 Å². The summed E-state index contributed by atoms with van der Waals surface area (Å²) >= 11 is 0. The van der Waals surface area contributed by atoms with Gasteiger partial charge in [-0.15, -0.1) is 0 Å². The fourth-order valence-electron chi connectivity index (χ4n) is 4.37. The van der Waals surface area contributed by atoms with Crippen LogP contribution in [-0.2, 0) is 12.8 Å². The zero-order valence-electron chi connectivity index (χ0n) is 19.9. The number of aryl methyl sites for hydroxylation is 1. The molecule has 0 spiro atoms. The first-order valence-electron chi connectivity index (χ1n) is 12.0. The normalized spacial score (nSPS) is 10.8. The quantitative estimate of drug-likeness (QED) is 0.240. The highest BCUT2D eigenvalue weighted by Gasteiger charge is 2.18. The number of hydrogen-bond acceptors (Lipinski definition) is 3. The number of hydrogen-bond donors (Lipinski definition) is 0. The zero-order chi connectivity index (χ0) is 23.9. The van der Waals surface area contributed by atoms with Crippen LogP contribution in [0.25, 0.3) is 33.9 Å². The Bertz CT molecular complexity index is 1370. The second-order valence-corrected chi connectivity index (χ2v) is 8.52. The molecule has 172 valence electrons. The molecular weight excluding hydrogens is 428 g/mol. The van der Waals surface area contributed by atoms with Crippen molar-refractivity contribution in [2.24, 2.45) is 0 Å². The highest BCUT2D eigenvalue weighted by molar-refractivity contribution is 5.76. The molecule has 3 heteroatoms. The first-order chi connectivity index (χ1) is 17.3. The maximum atomic E-state index is 5.40. The standard InChI is InChI=1S/C32H28N2O/c1-35-28-22-20-26(21-23-28)31-29(19-11-14-24-12-5-2-6-13-24)30(25-15-7-3-8-16-25)33-32(34-31)27-17-9-4-10-18-27/h2-10,12-13,15-18,20-23H,11,14,19H2,1H3. The number of benzene rings is 4. The third-order valence-electron chi connectivity index (χ3n) is 6.18. The monoisotopic (exact) mass is 456 g/mol. The molecule has 35 heavy (non-hydrogen) atoms. The number of ether oxygens (including phenoxy) is 1. The second kappa shape index (κ2) is 10.8. The topological polar surface area (TPSA) is 35.0 Å². The van der Waals surface area contributed by atoms with Gasteiger partial charge in [-0.05, 0) is 49.1 Å². The summed E-state index contributed by atoms with van der Waals surface area (Å²) in [5, 5.41) is 0. The Balaban J connectivity index is 1.64. The third kappa shape index (κ3) is 5.30. The van der Waals surface area contributed by atoms with Crippen molar-refractivity contribution in [3.8, 4) is 39.7 Å². The van der Waals surface area contributed by atoms with E-state index in [1.54, 1.807) is 7.11 Å². The van der Waals surface area contributed by atoms with E-state index in [0.717, 1.165) is 58.9 Å². The molecule has 0 amide bonds. The molecule has 0 fully saturated rings. The lowest BCUT2D eigenvalue weighted by Gasteiger charge is -2.17. The van der Waals surface area contributed by atoms with Crippen molar-refractivity contribution in [2.75, 3.05) is 7.11 Å². The molecule has 5 rings (SSSR count). The molecule has 0 radical (unpaired) electrons. The van der Waals surface area contributed by atoms with Gasteiger partial charge in [-0.3, -0.25) is 0 Å². The van der Waals surface area contributed by atoms with Crippen LogP contribution in [0.4, 0.5) is 0 Å². The molecule has 1 aromatic heterocycles. The third-order valence-corrected chi connectivity index (χ3v) is 6.18. The lowest BCUT2D eigenvalue weighted by atomic mass is 9.94. The fourth-order valence-corrected chi connectivity index (χ4v) is 4.37. The van der Waals surface area contributed by atoms with E-state index >= 15 is 0 Å².